The van der Waals surface area contributed by atoms with Crippen LogP contribution in [-0.2, 0) is 4.79 Å². The molecule has 0 bridgehead atoms. The first kappa shape index (κ1) is 14.4. The Morgan fingerprint density at radius 3 is 2.67 bits per heavy atom. The Hall–Kier alpha value is -3.15. The third-order valence-corrected chi connectivity index (χ3v) is 4.20. The van der Waals surface area contributed by atoms with E-state index in [0.717, 1.165) is 29.6 Å². The number of nitrogens with zero attached hydrogens (tertiary/aromatic N) is 2. The molecule has 0 aliphatic carbocycles. The average Bonchev–Trinajstić information content (AvgIpc) is 3.22. The third-order valence-electron chi connectivity index (χ3n) is 4.20. The number of fused-ring (bicyclic) bond motifs is 1. The Labute approximate surface area is 138 Å². The molecule has 6 heteroatoms. The van der Waals surface area contributed by atoms with E-state index in [2.05, 4.69) is 15.5 Å². The monoisotopic (exact) mass is 320 g/mol. The van der Waals surface area contributed by atoms with Crippen LogP contribution in [0.15, 0.2) is 48.5 Å². The van der Waals surface area contributed by atoms with Gasteiger partial charge in [0.15, 0.2) is 5.69 Å². The Balaban J connectivity index is 1.52. The smallest absolute Gasteiger partial charge is 0.276 e. The number of rotatable bonds is 3. The standard InChI is InChI=1S/C18H16N4O2/c23-16-6-3-11-22(16)13-9-7-12(8-10-13)19-18(24)17-14-4-1-2-5-15(14)20-21-17/h1-2,4-5,7-10H,3,6,11H2,(H,19,24)(H,20,21). The number of H-pyrrole nitrogens is 1. The van der Waals surface area contributed by atoms with Crippen LogP contribution in [0.1, 0.15) is 23.3 Å². The number of para-hydroxylation sites is 1. The molecule has 6 nitrogen and oxygen atoms in total. The maximum atomic E-state index is 12.4. The van der Waals surface area contributed by atoms with E-state index < -0.39 is 0 Å². The van der Waals surface area contributed by atoms with E-state index in [9.17, 15) is 9.59 Å². The van der Waals surface area contributed by atoms with Gasteiger partial charge in [-0.3, -0.25) is 14.7 Å². The molecule has 1 aliphatic heterocycles. The van der Waals surface area contributed by atoms with Crippen molar-refractivity contribution in [3.63, 3.8) is 0 Å². The molecule has 1 saturated heterocycles. The fraction of sp³-hybridized carbons (Fsp3) is 0.167. The summed E-state index contributed by atoms with van der Waals surface area (Å²) >= 11 is 0. The van der Waals surface area contributed by atoms with Crippen molar-refractivity contribution in [2.45, 2.75) is 12.8 Å². The number of aromatic amines is 1. The number of nitrogens with one attached hydrogen (secondary N) is 2. The predicted molar refractivity (Wildman–Crippen MR) is 92.1 cm³/mol. The molecule has 0 unspecified atom stereocenters. The number of anilines is 2. The quantitative estimate of drug-likeness (QED) is 0.779. The summed E-state index contributed by atoms with van der Waals surface area (Å²) in [4.78, 5) is 26.0. The van der Waals surface area contributed by atoms with Gasteiger partial charge in [-0.05, 0) is 36.8 Å². The van der Waals surface area contributed by atoms with Crippen molar-refractivity contribution in [2.24, 2.45) is 0 Å². The highest BCUT2D eigenvalue weighted by molar-refractivity contribution is 6.11. The molecule has 2 N–H and O–H groups in total. The molecular weight excluding hydrogens is 304 g/mol. The topological polar surface area (TPSA) is 78.1 Å². The first-order valence-electron chi connectivity index (χ1n) is 7.87. The fourth-order valence-electron chi connectivity index (χ4n) is 2.97. The summed E-state index contributed by atoms with van der Waals surface area (Å²) in [5.41, 5.74) is 2.72. The summed E-state index contributed by atoms with van der Waals surface area (Å²) in [6, 6.07) is 14.8. The summed E-state index contributed by atoms with van der Waals surface area (Å²) in [7, 11) is 0. The van der Waals surface area contributed by atoms with Crippen LogP contribution in [0.5, 0.6) is 0 Å². The normalized spacial score (nSPS) is 14.3. The second kappa shape index (κ2) is 5.81. The summed E-state index contributed by atoms with van der Waals surface area (Å²) in [5, 5.41) is 10.6. The van der Waals surface area contributed by atoms with Crippen molar-refractivity contribution in [3.8, 4) is 0 Å². The van der Waals surface area contributed by atoms with E-state index >= 15 is 0 Å². The summed E-state index contributed by atoms with van der Waals surface area (Å²) in [6.45, 7) is 0.754. The van der Waals surface area contributed by atoms with Gasteiger partial charge in [-0.1, -0.05) is 18.2 Å². The second-order valence-corrected chi connectivity index (χ2v) is 5.77. The molecule has 2 heterocycles. The van der Waals surface area contributed by atoms with Crippen molar-refractivity contribution >= 4 is 34.1 Å². The Kier molecular flexibility index (Phi) is 3.49. The van der Waals surface area contributed by atoms with Gasteiger partial charge in [-0.2, -0.15) is 5.10 Å². The number of carbonyl (C=O) groups excluding carboxylic acids is 2. The molecule has 2 amide bonds. The van der Waals surface area contributed by atoms with Crippen molar-refractivity contribution in [3.05, 3.63) is 54.2 Å². The number of aromatic nitrogens is 2. The second-order valence-electron chi connectivity index (χ2n) is 5.77. The van der Waals surface area contributed by atoms with Crippen LogP contribution in [0.2, 0.25) is 0 Å². The fourth-order valence-corrected chi connectivity index (χ4v) is 2.97. The van der Waals surface area contributed by atoms with Gasteiger partial charge >= 0.3 is 0 Å². The minimum Gasteiger partial charge on any atom is -0.321 e. The Morgan fingerprint density at radius 1 is 1.12 bits per heavy atom. The predicted octanol–water partition coefficient (Wildman–Crippen LogP) is 2.94. The van der Waals surface area contributed by atoms with Crippen molar-refractivity contribution < 1.29 is 9.59 Å². The van der Waals surface area contributed by atoms with E-state index in [1.165, 1.54) is 0 Å². The molecule has 0 radical (unpaired) electrons. The van der Waals surface area contributed by atoms with Gasteiger partial charge in [-0.15, -0.1) is 0 Å². The average molecular weight is 320 g/mol. The highest BCUT2D eigenvalue weighted by Crippen LogP contribution is 2.23. The third kappa shape index (κ3) is 2.52. The van der Waals surface area contributed by atoms with E-state index in [1.807, 2.05) is 36.4 Å². The van der Waals surface area contributed by atoms with Gasteiger partial charge < -0.3 is 10.2 Å². The molecule has 1 aliphatic rings. The van der Waals surface area contributed by atoms with Crippen LogP contribution in [0.3, 0.4) is 0 Å². The molecule has 0 spiro atoms. The first-order valence-corrected chi connectivity index (χ1v) is 7.87. The lowest BCUT2D eigenvalue weighted by Crippen LogP contribution is -2.23. The largest absolute Gasteiger partial charge is 0.321 e. The van der Waals surface area contributed by atoms with Gasteiger partial charge in [0, 0.05) is 29.7 Å². The number of hydrogen-bond donors (Lipinski definition) is 2. The maximum absolute atomic E-state index is 12.4. The molecule has 2 aromatic carbocycles. The van der Waals surface area contributed by atoms with Crippen LogP contribution in [0.4, 0.5) is 11.4 Å². The van der Waals surface area contributed by atoms with Gasteiger partial charge in [0.1, 0.15) is 0 Å². The molecule has 4 rings (SSSR count). The van der Waals surface area contributed by atoms with E-state index in [0.29, 0.717) is 17.8 Å². The van der Waals surface area contributed by atoms with Crippen molar-refractivity contribution in [1.29, 1.82) is 0 Å². The van der Waals surface area contributed by atoms with Gasteiger partial charge in [-0.25, -0.2) is 0 Å². The van der Waals surface area contributed by atoms with Gasteiger partial charge in [0.25, 0.3) is 5.91 Å². The zero-order chi connectivity index (χ0) is 16.5. The number of amides is 2. The van der Waals surface area contributed by atoms with Crippen LogP contribution in [0, 0.1) is 0 Å². The lowest BCUT2D eigenvalue weighted by Gasteiger charge is -2.16. The van der Waals surface area contributed by atoms with Crippen LogP contribution in [-0.4, -0.2) is 28.6 Å². The van der Waals surface area contributed by atoms with Crippen molar-refractivity contribution in [1.82, 2.24) is 10.2 Å². The molecule has 120 valence electrons. The molecule has 1 aromatic heterocycles. The highest BCUT2D eigenvalue weighted by Gasteiger charge is 2.21. The summed E-state index contributed by atoms with van der Waals surface area (Å²) < 4.78 is 0. The maximum Gasteiger partial charge on any atom is 0.276 e. The molecule has 0 atom stereocenters. The molecular formula is C18H16N4O2. The lowest BCUT2D eigenvalue weighted by molar-refractivity contribution is -0.117. The Bertz CT molecular complexity index is 914. The molecule has 0 saturated carbocycles. The first-order chi connectivity index (χ1) is 11.7. The van der Waals surface area contributed by atoms with Crippen LogP contribution < -0.4 is 10.2 Å². The SMILES string of the molecule is O=C(Nc1ccc(N2CCCC2=O)cc1)c1n[nH]c2ccccc12. The molecule has 1 fully saturated rings. The number of benzene rings is 2. The molecule has 24 heavy (non-hydrogen) atoms. The zero-order valence-electron chi connectivity index (χ0n) is 13.0. The van der Waals surface area contributed by atoms with Gasteiger partial charge in [0.2, 0.25) is 5.91 Å². The van der Waals surface area contributed by atoms with Crippen LogP contribution >= 0.6 is 0 Å². The lowest BCUT2D eigenvalue weighted by atomic mass is 10.2. The minimum absolute atomic E-state index is 0.148. The zero-order valence-corrected chi connectivity index (χ0v) is 13.0. The Morgan fingerprint density at radius 2 is 1.92 bits per heavy atom. The highest BCUT2D eigenvalue weighted by atomic mass is 16.2. The number of hydrogen-bond acceptors (Lipinski definition) is 3. The minimum atomic E-state index is -0.266. The summed E-state index contributed by atoms with van der Waals surface area (Å²) in [5.74, 6) is -0.118. The molecule has 3 aromatic rings. The van der Waals surface area contributed by atoms with E-state index in [1.54, 1.807) is 17.0 Å². The van der Waals surface area contributed by atoms with Crippen LogP contribution in [0.25, 0.3) is 10.9 Å². The van der Waals surface area contributed by atoms with Gasteiger partial charge in [0.05, 0.1) is 5.52 Å². The van der Waals surface area contributed by atoms with Crippen molar-refractivity contribution in [2.75, 3.05) is 16.8 Å². The van der Waals surface area contributed by atoms with E-state index in [4.69, 9.17) is 0 Å². The number of carbonyl (C=O) groups is 2. The summed E-state index contributed by atoms with van der Waals surface area (Å²) in [6.07, 6.45) is 1.49. The van der Waals surface area contributed by atoms with E-state index in [-0.39, 0.29) is 11.8 Å².